The maximum Gasteiger partial charge on any atom is 0.221 e. The number of aromatic nitrogens is 2. The van der Waals surface area contributed by atoms with Gasteiger partial charge in [-0.25, -0.2) is 4.98 Å². The van der Waals surface area contributed by atoms with Crippen molar-refractivity contribution in [1.29, 1.82) is 0 Å². The molecule has 0 aliphatic carbocycles. The van der Waals surface area contributed by atoms with Crippen molar-refractivity contribution in [2.24, 2.45) is 0 Å². The molecule has 0 aliphatic rings. The van der Waals surface area contributed by atoms with Gasteiger partial charge in [-0.15, -0.1) is 0 Å². The molecule has 0 aliphatic heterocycles. The van der Waals surface area contributed by atoms with Crippen molar-refractivity contribution in [3.8, 4) is 11.5 Å². The molecule has 3 aromatic rings. The van der Waals surface area contributed by atoms with Crippen molar-refractivity contribution in [2.45, 2.75) is 13.0 Å². The Kier molecular flexibility index (Phi) is 4.85. The first-order valence-electron chi connectivity index (χ1n) is 8.10. The number of ether oxygens (including phenoxy) is 2. The van der Waals surface area contributed by atoms with E-state index < -0.39 is 0 Å². The molecule has 2 heterocycles. The molecule has 2 aromatic heterocycles. The van der Waals surface area contributed by atoms with Gasteiger partial charge in [0.2, 0.25) is 11.7 Å². The third kappa shape index (κ3) is 3.36. The van der Waals surface area contributed by atoms with Gasteiger partial charge in [0.25, 0.3) is 0 Å². The first kappa shape index (κ1) is 17.8. The summed E-state index contributed by atoms with van der Waals surface area (Å²) in [5, 5.41) is 0.940. The summed E-state index contributed by atoms with van der Waals surface area (Å²) in [7, 11) is 7.16. The van der Waals surface area contributed by atoms with Crippen molar-refractivity contribution in [3.05, 3.63) is 35.2 Å². The van der Waals surface area contributed by atoms with Gasteiger partial charge < -0.3 is 30.3 Å². The van der Waals surface area contributed by atoms with Crippen LogP contribution in [0.4, 0.5) is 11.8 Å². The topological polar surface area (TPSA) is 113 Å². The molecular weight excluding hydrogens is 334 g/mol. The number of benzene rings is 1. The highest BCUT2D eigenvalue weighted by atomic mass is 16.5. The van der Waals surface area contributed by atoms with Gasteiger partial charge in [0.05, 0.1) is 20.8 Å². The zero-order valence-corrected chi connectivity index (χ0v) is 15.4. The molecule has 0 saturated carbocycles. The minimum Gasteiger partial charge on any atom is -0.493 e. The molecule has 0 unspecified atom stereocenters. The van der Waals surface area contributed by atoms with Crippen LogP contribution in [0, 0.1) is 0 Å². The molecule has 0 atom stereocenters. The van der Waals surface area contributed by atoms with Gasteiger partial charge in [0, 0.05) is 23.6 Å². The second-order valence-corrected chi connectivity index (χ2v) is 6.28. The van der Waals surface area contributed by atoms with Crippen molar-refractivity contribution < 1.29 is 13.9 Å². The highest BCUT2D eigenvalue weighted by molar-refractivity contribution is 5.90. The Bertz CT molecular complexity index is 936. The fraction of sp³-hybridized carbons (Fsp3) is 0.333. The predicted octanol–water partition coefficient (Wildman–Crippen LogP) is 2.06. The molecule has 26 heavy (non-hydrogen) atoms. The average Bonchev–Trinajstić information content (AvgIpc) is 2.99. The van der Waals surface area contributed by atoms with E-state index in [2.05, 4.69) is 9.97 Å². The Balaban J connectivity index is 2.15. The van der Waals surface area contributed by atoms with Gasteiger partial charge in [-0.2, -0.15) is 4.98 Å². The lowest BCUT2D eigenvalue weighted by molar-refractivity contribution is 0.341. The number of rotatable bonds is 6. The first-order chi connectivity index (χ1) is 12.4. The van der Waals surface area contributed by atoms with Gasteiger partial charge >= 0.3 is 0 Å². The van der Waals surface area contributed by atoms with Crippen molar-refractivity contribution in [2.75, 3.05) is 39.8 Å². The largest absolute Gasteiger partial charge is 0.493 e. The van der Waals surface area contributed by atoms with E-state index >= 15 is 0 Å². The standard InChI is InChI=1S/C18H23N5O3/c1-23(2)9-12-7-13-10(5-11-8-21-18(20)22-17(11)19)6-14(24-3)16(25-4)15(13)26-12/h6-8H,5,9H2,1-4H3,(H4,19,20,21,22). The van der Waals surface area contributed by atoms with Gasteiger partial charge in [0.15, 0.2) is 11.3 Å². The van der Waals surface area contributed by atoms with Crippen LogP contribution in [0.3, 0.4) is 0 Å². The summed E-state index contributed by atoms with van der Waals surface area (Å²) in [6.07, 6.45) is 2.16. The molecule has 8 nitrogen and oxygen atoms in total. The number of nitrogens with two attached hydrogens (primary N) is 2. The molecule has 0 saturated heterocycles. The van der Waals surface area contributed by atoms with E-state index in [1.54, 1.807) is 20.4 Å². The minimum absolute atomic E-state index is 0.153. The maximum atomic E-state index is 6.04. The van der Waals surface area contributed by atoms with Crippen LogP contribution < -0.4 is 20.9 Å². The second kappa shape index (κ2) is 7.09. The van der Waals surface area contributed by atoms with E-state index in [1.165, 1.54) is 0 Å². The Labute approximate surface area is 151 Å². The number of nitrogen functional groups attached to an aromatic ring is 2. The third-order valence-corrected chi connectivity index (χ3v) is 4.06. The molecule has 0 bridgehead atoms. The smallest absolute Gasteiger partial charge is 0.221 e. The van der Waals surface area contributed by atoms with Crippen LogP contribution in [0.2, 0.25) is 0 Å². The number of furan rings is 1. The van der Waals surface area contributed by atoms with E-state index in [9.17, 15) is 0 Å². The Morgan fingerprint density at radius 3 is 2.50 bits per heavy atom. The van der Waals surface area contributed by atoms with Crippen molar-refractivity contribution in [1.82, 2.24) is 14.9 Å². The predicted molar refractivity (Wildman–Crippen MR) is 100 cm³/mol. The lowest BCUT2D eigenvalue weighted by Crippen LogP contribution is -2.09. The van der Waals surface area contributed by atoms with E-state index in [0.717, 1.165) is 22.3 Å². The summed E-state index contributed by atoms with van der Waals surface area (Å²) in [6, 6.07) is 3.94. The van der Waals surface area contributed by atoms with Crippen LogP contribution in [0.25, 0.3) is 11.0 Å². The molecule has 138 valence electrons. The third-order valence-electron chi connectivity index (χ3n) is 4.06. The van der Waals surface area contributed by atoms with Crippen LogP contribution in [-0.4, -0.2) is 43.2 Å². The van der Waals surface area contributed by atoms with E-state index in [4.69, 9.17) is 25.4 Å². The highest BCUT2D eigenvalue weighted by Gasteiger charge is 2.19. The van der Waals surface area contributed by atoms with Crippen LogP contribution in [-0.2, 0) is 13.0 Å². The Hall–Kier alpha value is -3.00. The van der Waals surface area contributed by atoms with E-state index in [0.29, 0.717) is 35.9 Å². The number of nitrogens with zero attached hydrogens (tertiary/aromatic N) is 3. The minimum atomic E-state index is 0.153. The summed E-state index contributed by atoms with van der Waals surface area (Å²) < 4.78 is 17.0. The van der Waals surface area contributed by atoms with Crippen LogP contribution in [0.1, 0.15) is 16.9 Å². The molecule has 0 fully saturated rings. The molecular formula is C18H23N5O3. The molecule has 0 amide bonds. The van der Waals surface area contributed by atoms with Crippen LogP contribution >= 0.6 is 0 Å². The number of anilines is 2. The van der Waals surface area contributed by atoms with Gasteiger partial charge in [-0.05, 0) is 31.8 Å². The lowest BCUT2D eigenvalue weighted by atomic mass is 10.0. The monoisotopic (exact) mass is 357 g/mol. The average molecular weight is 357 g/mol. The molecule has 4 N–H and O–H groups in total. The van der Waals surface area contributed by atoms with E-state index in [1.807, 2.05) is 31.1 Å². The van der Waals surface area contributed by atoms with Crippen LogP contribution in [0.5, 0.6) is 11.5 Å². The number of hydrogen-bond acceptors (Lipinski definition) is 8. The Morgan fingerprint density at radius 2 is 1.88 bits per heavy atom. The van der Waals surface area contributed by atoms with E-state index in [-0.39, 0.29) is 5.95 Å². The molecule has 0 radical (unpaired) electrons. The number of hydrogen-bond donors (Lipinski definition) is 2. The summed E-state index contributed by atoms with van der Waals surface area (Å²) >= 11 is 0. The van der Waals surface area contributed by atoms with Crippen molar-refractivity contribution >= 4 is 22.7 Å². The second-order valence-electron chi connectivity index (χ2n) is 6.28. The summed E-state index contributed by atoms with van der Waals surface area (Å²) in [4.78, 5) is 10.1. The maximum absolute atomic E-state index is 6.04. The SMILES string of the molecule is COc1cc(Cc2cnc(N)nc2N)c2cc(CN(C)C)oc2c1OC. The zero-order chi connectivity index (χ0) is 18.8. The Morgan fingerprint density at radius 1 is 1.12 bits per heavy atom. The number of methoxy groups -OCH3 is 2. The molecule has 3 rings (SSSR count). The fourth-order valence-corrected chi connectivity index (χ4v) is 2.92. The quantitative estimate of drug-likeness (QED) is 0.689. The van der Waals surface area contributed by atoms with Gasteiger partial charge in [0.1, 0.15) is 11.6 Å². The fourth-order valence-electron chi connectivity index (χ4n) is 2.92. The molecule has 8 heteroatoms. The highest BCUT2D eigenvalue weighted by Crippen LogP contribution is 2.40. The number of fused-ring (bicyclic) bond motifs is 1. The zero-order valence-electron chi connectivity index (χ0n) is 15.4. The van der Waals surface area contributed by atoms with Crippen molar-refractivity contribution in [3.63, 3.8) is 0 Å². The summed E-state index contributed by atoms with van der Waals surface area (Å²) in [6.45, 7) is 0.673. The molecule has 1 aromatic carbocycles. The molecule has 0 spiro atoms. The summed E-state index contributed by atoms with van der Waals surface area (Å²) in [5.74, 6) is 2.51. The lowest BCUT2D eigenvalue weighted by Gasteiger charge is -2.12. The summed E-state index contributed by atoms with van der Waals surface area (Å²) in [5.41, 5.74) is 14.0. The van der Waals surface area contributed by atoms with Gasteiger partial charge in [-0.3, -0.25) is 0 Å². The van der Waals surface area contributed by atoms with Gasteiger partial charge in [-0.1, -0.05) is 0 Å². The first-order valence-corrected chi connectivity index (χ1v) is 8.10. The normalized spacial score (nSPS) is 11.3. The van der Waals surface area contributed by atoms with Crippen LogP contribution in [0.15, 0.2) is 22.7 Å².